The van der Waals surface area contributed by atoms with Gasteiger partial charge in [-0.25, -0.2) is 4.98 Å². The van der Waals surface area contributed by atoms with Crippen molar-refractivity contribution in [3.8, 4) is 0 Å². The van der Waals surface area contributed by atoms with Crippen LogP contribution in [-0.4, -0.2) is 88.3 Å². The van der Waals surface area contributed by atoms with E-state index in [9.17, 15) is 24.2 Å². The Balaban J connectivity index is 1.28. The van der Waals surface area contributed by atoms with Gasteiger partial charge in [-0.05, 0) is 29.1 Å². The van der Waals surface area contributed by atoms with Crippen molar-refractivity contribution in [1.29, 1.82) is 0 Å². The molecule has 14 nitrogen and oxygen atoms in total. The van der Waals surface area contributed by atoms with Gasteiger partial charge in [0.15, 0.2) is 29.1 Å². The topological polar surface area (TPSA) is 201 Å². The number of aliphatic hydroxyl groups is 2. The van der Waals surface area contributed by atoms with Crippen LogP contribution in [0.3, 0.4) is 0 Å². The van der Waals surface area contributed by atoms with Gasteiger partial charge in [0.2, 0.25) is 5.28 Å². The Kier molecular flexibility index (Phi) is 8.44. The number of hydrogen-bond donors (Lipinski definition) is 5. The second-order valence-electron chi connectivity index (χ2n) is 10.9. The number of halogens is 1. The molecule has 17 heteroatoms. The monoisotopic (exact) mass is 665 g/mol. The number of imidazole rings is 1. The Morgan fingerprint density at radius 1 is 0.977 bits per heavy atom. The number of aromatic nitrogens is 4. The van der Waals surface area contributed by atoms with Gasteiger partial charge in [-0.15, -0.1) is 0 Å². The summed E-state index contributed by atoms with van der Waals surface area (Å²) in [5, 5.41) is 21.4. The zero-order valence-electron chi connectivity index (χ0n) is 23.1. The summed E-state index contributed by atoms with van der Waals surface area (Å²) >= 11 is 6.40. The summed E-state index contributed by atoms with van der Waals surface area (Å²) in [6.45, 7) is 0.493. The normalized spacial score (nSPS) is 25.0. The second-order valence-corrected chi connectivity index (χ2v) is 15.2. The summed E-state index contributed by atoms with van der Waals surface area (Å²) in [6.07, 6.45) is -3.49. The molecule has 2 fully saturated rings. The van der Waals surface area contributed by atoms with E-state index in [1.54, 1.807) is 0 Å². The van der Waals surface area contributed by atoms with Gasteiger partial charge in [-0.2, -0.15) is 9.97 Å². The number of ether oxygens (including phenoxy) is 1. The Hall–Kier alpha value is -2.74. The summed E-state index contributed by atoms with van der Waals surface area (Å²) in [5.41, 5.74) is 2.60. The van der Waals surface area contributed by atoms with Crippen molar-refractivity contribution in [2.75, 3.05) is 30.5 Å². The first-order valence-corrected chi connectivity index (χ1v) is 17.6. The number of aliphatic hydroxyl groups excluding tert-OH is 2. The minimum atomic E-state index is -4.85. The van der Waals surface area contributed by atoms with Crippen LogP contribution in [0.1, 0.15) is 23.8 Å². The lowest BCUT2D eigenvalue weighted by Gasteiger charge is -2.31. The molecule has 0 aliphatic carbocycles. The SMILES string of the molecule is O=P(O)(O)CP(=O)(O)OC[C@H]1O[C@@H](n2cnc3c(N4CCC(c5ccccc5)(c5ccccc5)C4)nc(Cl)nc32)[C@@H](O)C1O. The molecule has 2 aliphatic rings. The molecule has 2 saturated heterocycles. The predicted octanol–water partition coefficient (Wildman–Crippen LogP) is 2.63. The molecular weight excluding hydrogens is 636 g/mol. The lowest BCUT2D eigenvalue weighted by atomic mass is 9.74. The van der Waals surface area contributed by atoms with Crippen LogP contribution in [0, 0.1) is 0 Å². The number of anilines is 1. The van der Waals surface area contributed by atoms with E-state index in [1.807, 2.05) is 36.4 Å². The lowest BCUT2D eigenvalue weighted by Crippen LogP contribution is -2.33. The van der Waals surface area contributed by atoms with Crippen LogP contribution >= 0.6 is 26.8 Å². The molecule has 2 unspecified atom stereocenters. The molecule has 2 aromatic carbocycles. The molecule has 2 aromatic heterocycles. The van der Waals surface area contributed by atoms with Gasteiger partial charge in [-0.1, -0.05) is 60.7 Å². The summed E-state index contributed by atoms with van der Waals surface area (Å²) < 4.78 is 35.2. The van der Waals surface area contributed by atoms with Crippen molar-refractivity contribution in [2.24, 2.45) is 0 Å². The number of hydrogen-bond acceptors (Lipinski definition) is 10. The van der Waals surface area contributed by atoms with Crippen LogP contribution in [0.15, 0.2) is 67.0 Å². The molecule has 5 N–H and O–H groups in total. The van der Waals surface area contributed by atoms with Gasteiger partial charge in [0.05, 0.1) is 12.9 Å². The number of benzene rings is 2. The molecule has 6 rings (SSSR count). The van der Waals surface area contributed by atoms with E-state index in [4.69, 9.17) is 30.6 Å². The molecule has 0 bridgehead atoms. The molecule has 5 atom stereocenters. The van der Waals surface area contributed by atoms with Crippen molar-refractivity contribution >= 4 is 43.8 Å². The first kappa shape index (κ1) is 31.3. The van der Waals surface area contributed by atoms with Gasteiger partial charge in [0.25, 0.3) is 0 Å². The first-order valence-electron chi connectivity index (χ1n) is 13.7. The highest BCUT2D eigenvalue weighted by Crippen LogP contribution is 2.55. The molecule has 2 aliphatic heterocycles. The largest absolute Gasteiger partial charge is 0.387 e. The molecule has 4 aromatic rings. The minimum Gasteiger partial charge on any atom is -0.387 e. The van der Waals surface area contributed by atoms with Gasteiger partial charge in [0.1, 0.15) is 18.3 Å². The predicted molar refractivity (Wildman–Crippen MR) is 159 cm³/mol. The van der Waals surface area contributed by atoms with Gasteiger partial charge in [-0.3, -0.25) is 13.7 Å². The zero-order chi connectivity index (χ0) is 31.3. The van der Waals surface area contributed by atoms with E-state index in [2.05, 4.69) is 44.1 Å². The van der Waals surface area contributed by atoms with Crippen LogP contribution in [0.4, 0.5) is 5.82 Å². The Morgan fingerprint density at radius 3 is 2.23 bits per heavy atom. The first-order chi connectivity index (χ1) is 20.9. The Labute approximate surface area is 256 Å². The van der Waals surface area contributed by atoms with Crippen LogP contribution in [0.25, 0.3) is 11.2 Å². The Bertz CT molecular complexity index is 1700. The summed E-state index contributed by atoms with van der Waals surface area (Å²) in [7, 11) is -9.56. The average molecular weight is 666 g/mol. The quantitative estimate of drug-likeness (QED) is 0.129. The lowest BCUT2D eigenvalue weighted by molar-refractivity contribution is -0.0483. The molecule has 0 saturated carbocycles. The number of rotatable bonds is 9. The molecular formula is C27H30ClN5O9P2. The van der Waals surface area contributed by atoms with Crippen LogP contribution in [-0.2, 0) is 23.8 Å². The number of fused-ring (bicyclic) bond motifs is 1. The van der Waals surface area contributed by atoms with E-state index in [0.717, 1.165) is 17.5 Å². The second kappa shape index (κ2) is 11.9. The molecule has 4 heterocycles. The summed E-state index contributed by atoms with van der Waals surface area (Å²) in [5.74, 6) is -0.912. The maximum absolute atomic E-state index is 12.1. The minimum absolute atomic E-state index is 0.0715. The van der Waals surface area contributed by atoms with E-state index >= 15 is 0 Å². The maximum Gasteiger partial charge on any atom is 0.340 e. The third-order valence-corrected chi connectivity index (χ3v) is 11.6. The number of nitrogens with zero attached hydrogens (tertiary/aromatic N) is 5. The third kappa shape index (κ3) is 6.08. The van der Waals surface area contributed by atoms with E-state index in [0.29, 0.717) is 24.4 Å². The van der Waals surface area contributed by atoms with Crippen LogP contribution in [0.5, 0.6) is 0 Å². The third-order valence-electron chi connectivity index (χ3n) is 8.01. The van der Waals surface area contributed by atoms with Crippen LogP contribution < -0.4 is 4.90 Å². The summed E-state index contributed by atoms with van der Waals surface area (Å²) in [4.78, 5) is 43.3. The van der Waals surface area contributed by atoms with Crippen molar-refractivity contribution in [3.05, 3.63) is 83.4 Å². The van der Waals surface area contributed by atoms with Crippen LogP contribution in [0.2, 0.25) is 5.28 Å². The molecule has 234 valence electrons. The highest BCUT2D eigenvalue weighted by molar-refractivity contribution is 7.70. The summed E-state index contributed by atoms with van der Waals surface area (Å²) in [6, 6.07) is 20.5. The highest BCUT2D eigenvalue weighted by Gasteiger charge is 2.46. The molecule has 0 spiro atoms. The van der Waals surface area contributed by atoms with E-state index in [-0.39, 0.29) is 16.3 Å². The molecule has 0 amide bonds. The smallest absolute Gasteiger partial charge is 0.340 e. The standard InChI is InChI=1S/C27H30ClN5O9P2/c28-26-30-23(32-12-11-27(14-32,17-7-3-1-4-8-17)18-9-5-2-6-10-18)20-24(31-26)33(15-29-20)25-22(35)21(34)19(42-25)13-41-44(39,40)16-43(36,37)38/h1-10,15,19,21-22,25,34-35H,11-14,16H2,(H,39,40)(H2,36,37,38)/t19-,21?,22+,25-/m1/s1. The van der Waals surface area contributed by atoms with Crippen molar-refractivity contribution < 1.29 is 43.3 Å². The van der Waals surface area contributed by atoms with Crippen molar-refractivity contribution in [2.45, 2.75) is 36.4 Å². The fraction of sp³-hybridized carbons (Fsp3) is 0.370. The van der Waals surface area contributed by atoms with Crippen molar-refractivity contribution in [1.82, 2.24) is 19.5 Å². The van der Waals surface area contributed by atoms with Crippen molar-refractivity contribution in [3.63, 3.8) is 0 Å². The van der Waals surface area contributed by atoms with Gasteiger partial charge < -0.3 is 39.1 Å². The fourth-order valence-corrected chi connectivity index (χ4v) is 8.71. The molecule has 44 heavy (non-hydrogen) atoms. The van der Waals surface area contributed by atoms with E-state index in [1.165, 1.54) is 10.9 Å². The fourth-order valence-electron chi connectivity index (χ4n) is 5.99. The van der Waals surface area contributed by atoms with E-state index < -0.39 is 52.2 Å². The zero-order valence-corrected chi connectivity index (χ0v) is 25.6. The van der Waals surface area contributed by atoms with Gasteiger partial charge in [0, 0.05) is 18.5 Å². The van der Waals surface area contributed by atoms with Gasteiger partial charge >= 0.3 is 15.2 Å². The molecule has 0 radical (unpaired) electrons. The highest BCUT2D eigenvalue weighted by atomic mass is 35.5. The average Bonchev–Trinajstić information content (AvgIpc) is 3.68. The Morgan fingerprint density at radius 2 is 1.61 bits per heavy atom. The maximum atomic E-state index is 12.1.